The second-order valence-corrected chi connectivity index (χ2v) is 4.26. The summed E-state index contributed by atoms with van der Waals surface area (Å²) < 4.78 is 5.44. The molecule has 1 aliphatic rings. The van der Waals surface area contributed by atoms with E-state index in [1.807, 2.05) is 6.92 Å². The first-order chi connectivity index (χ1) is 8.22. The summed E-state index contributed by atoms with van der Waals surface area (Å²) in [5.74, 6) is 0.400. The first kappa shape index (κ1) is 11.8. The van der Waals surface area contributed by atoms with Crippen molar-refractivity contribution in [2.45, 2.75) is 32.2 Å². The van der Waals surface area contributed by atoms with E-state index in [0.29, 0.717) is 29.6 Å². The minimum absolute atomic E-state index is 0.0922. The van der Waals surface area contributed by atoms with Gasteiger partial charge in [-0.05, 0) is 38.3 Å². The molecule has 0 bridgehead atoms. The summed E-state index contributed by atoms with van der Waals surface area (Å²) in [7, 11) is 0. The molecule has 1 aromatic carbocycles. The molecule has 92 valence electrons. The van der Waals surface area contributed by atoms with E-state index in [9.17, 15) is 4.79 Å². The number of hydrogen-bond acceptors (Lipinski definition) is 3. The molecular formula is C13H18N2O2. The topological polar surface area (TPSA) is 64.3 Å². The molecule has 0 radical (unpaired) electrons. The highest BCUT2D eigenvalue weighted by atomic mass is 16.5. The van der Waals surface area contributed by atoms with Crippen LogP contribution in [-0.4, -0.2) is 18.6 Å². The number of carbonyl (C=O) groups is 1. The predicted octanol–water partition coefficient (Wildman–Crippen LogP) is 1.95. The van der Waals surface area contributed by atoms with Gasteiger partial charge in [0.2, 0.25) is 0 Å². The number of ether oxygens (including phenoxy) is 1. The Kier molecular flexibility index (Phi) is 3.52. The highest BCUT2D eigenvalue weighted by molar-refractivity contribution is 5.98. The second-order valence-electron chi connectivity index (χ2n) is 4.26. The van der Waals surface area contributed by atoms with E-state index in [2.05, 4.69) is 5.32 Å². The molecule has 0 saturated heterocycles. The highest BCUT2D eigenvalue weighted by Crippen LogP contribution is 2.27. The van der Waals surface area contributed by atoms with Crippen molar-refractivity contribution in [3.63, 3.8) is 0 Å². The maximum absolute atomic E-state index is 12.0. The lowest BCUT2D eigenvalue weighted by Gasteiger charge is -2.26. The van der Waals surface area contributed by atoms with E-state index in [-0.39, 0.29) is 5.91 Å². The zero-order valence-corrected chi connectivity index (χ0v) is 10.0. The van der Waals surface area contributed by atoms with Crippen LogP contribution in [0.2, 0.25) is 0 Å². The van der Waals surface area contributed by atoms with E-state index in [1.165, 1.54) is 6.42 Å². The Labute approximate surface area is 101 Å². The van der Waals surface area contributed by atoms with Crippen molar-refractivity contribution in [2.24, 2.45) is 0 Å². The minimum atomic E-state index is -0.0922. The smallest absolute Gasteiger partial charge is 0.255 e. The zero-order chi connectivity index (χ0) is 12.3. The third-order valence-electron chi connectivity index (χ3n) is 3.02. The zero-order valence-electron chi connectivity index (χ0n) is 10.0. The Hall–Kier alpha value is -1.71. The summed E-state index contributed by atoms with van der Waals surface area (Å²) >= 11 is 0. The molecule has 1 aromatic rings. The van der Waals surface area contributed by atoms with Gasteiger partial charge in [0.15, 0.2) is 5.75 Å². The van der Waals surface area contributed by atoms with Gasteiger partial charge in [0, 0.05) is 6.04 Å². The number of nitrogens with one attached hydrogen (secondary N) is 1. The van der Waals surface area contributed by atoms with Crippen molar-refractivity contribution < 1.29 is 9.53 Å². The molecule has 17 heavy (non-hydrogen) atoms. The average Bonchev–Trinajstić information content (AvgIpc) is 2.26. The average molecular weight is 234 g/mol. The number of nitrogens with two attached hydrogens (primary N) is 1. The Morgan fingerprint density at radius 2 is 2.29 bits per heavy atom. The van der Waals surface area contributed by atoms with Gasteiger partial charge in [-0.15, -0.1) is 0 Å². The summed E-state index contributed by atoms with van der Waals surface area (Å²) in [6, 6.07) is 5.58. The molecule has 1 saturated carbocycles. The Morgan fingerprint density at radius 1 is 1.53 bits per heavy atom. The first-order valence-electron chi connectivity index (χ1n) is 6.04. The molecule has 1 fully saturated rings. The van der Waals surface area contributed by atoms with Crippen molar-refractivity contribution in [3.8, 4) is 5.75 Å². The van der Waals surface area contributed by atoms with Crippen molar-refractivity contribution in [1.82, 2.24) is 5.32 Å². The number of benzene rings is 1. The maximum Gasteiger partial charge on any atom is 0.255 e. The lowest BCUT2D eigenvalue weighted by atomic mass is 9.93. The van der Waals surface area contributed by atoms with Crippen LogP contribution in [0.25, 0.3) is 0 Å². The second kappa shape index (κ2) is 5.08. The highest BCUT2D eigenvalue weighted by Gasteiger charge is 2.22. The first-order valence-corrected chi connectivity index (χ1v) is 6.04. The Bertz CT molecular complexity index is 414. The molecule has 4 heteroatoms. The maximum atomic E-state index is 12.0. The fourth-order valence-corrected chi connectivity index (χ4v) is 1.85. The van der Waals surface area contributed by atoms with Crippen LogP contribution in [0.5, 0.6) is 5.75 Å². The summed E-state index contributed by atoms with van der Waals surface area (Å²) in [6.07, 6.45) is 3.33. The van der Waals surface area contributed by atoms with Gasteiger partial charge in [-0.2, -0.15) is 0 Å². The number of hydrogen-bond donors (Lipinski definition) is 2. The number of amides is 1. The van der Waals surface area contributed by atoms with Crippen molar-refractivity contribution >= 4 is 11.6 Å². The largest absolute Gasteiger partial charge is 0.491 e. The summed E-state index contributed by atoms with van der Waals surface area (Å²) in [5, 5.41) is 2.98. The molecule has 0 unspecified atom stereocenters. The minimum Gasteiger partial charge on any atom is -0.491 e. The van der Waals surface area contributed by atoms with Crippen LogP contribution in [0.3, 0.4) is 0 Å². The monoisotopic (exact) mass is 234 g/mol. The Balaban J connectivity index is 2.17. The van der Waals surface area contributed by atoms with Gasteiger partial charge in [0.25, 0.3) is 5.91 Å². The van der Waals surface area contributed by atoms with Gasteiger partial charge >= 0.3 is 0 Å². The van der Waals surface area contributed by atoms with Gasteiger partial charge in [0.05, 0.1) is 17.9 Å². The number of nitrogen functional groups attached to an aromatic ring is 1. The quantitative estimate of drug-likeness (QED) is 0.783. The fraction of sp³-hybridized carbons (Fsp3) is 0.462. The molecule has 0 spiro atoms. The van der Waals surface area contributed by atoms with Crippen LogP contribution in [0.1, 0.15) is 36.5 Å². The van der Waals surface area contributed by atoms with Crippen molar-refractivity contribution in [3.05, 3.63) is 23.8 Å². The van der Waals surface area contributed by atoms with Crippen LogP contribution in [0.15, 0.2) is 18.2 Å². The van der Waals surface area contributed by atoms with Crippen LogP contribution in [0.4, 0.5) is 5.69 Å². The molecule has 0 aromatic heterocycles. The normalized spacial score (nSPS) is 15.1. The van der Waals surface area contributed by atoms with E-state index < -0.39 is 0 Å². The van der Waals surface area contributed by atoms with Crippen LogP contribution < -0.4 is 15.8 Å². The molecular weight excluding hydrogens is 216 g/mol. The van der Waals surface area contributed by atoms with E-state index in [1.54, 1.807) is 18.2 Å². The van der Waals surface area contributed by atoms with Crippen LogP contribution >= 0.6 is 0 Å². The molecule has 0 aliphatic heterocycles. The summed E-state index contributed by atoms with van der Waals surface area (Å²) in [6.45, 7) is 2.37. The van der Waals surface area contributed by atoms with E-state index in [4.69, 9.17) is 10.5 Å². The van der Waals surface area contributed by atoms with Gasteiger partial charge in [-0.3, -0.25) is 4.79 Å². The lowest BCUT2D eigenvalue weighted by Crippen LogP contribution is -2.39. The van der Waals surface area contributed by atoms with Crippen molar-refractivity contribution in [2.75, 3.05) is 12.3 Å². The molecule has 0 heterocycles. The SMILES string of the molecule is CCOc1c(N)cccc1C(=O)NC1CCC1. The molecule has 0 atom stereocenters. The molecule has 4 nitrogen and oxygen atoms in total. The molecule has 1 amide bonds. The van der Waals surface area contributed by atoms with Crippen LogP contribution in [0, 0.1) is 0 Å². The summed E-state index contributed by atoms with van der Waals surface area (Å²) in [5.41, 5.74) is 6.85. The molecule has 3 N–H and O–H groups in total. The van der Waals surface area contributed by atoms with Gasteiger partial charge < -0.3 is 15.8 Å². The fourth-order valence-electron chi connectivity index (χ4n) is 1.85. The lowest BCUT2D eigenvalue weighted by molar-refractivity contribution is 0.0913. The third-order valence-corrected chi connectivity index (χ3v) is 3.02. The molecule has 1 aliphatic carbocycles. The third kappa shape index (κ3) is 2.52. The number of carbonyl (C=O) groups excluding carboxylic acids is 1. The number of para-hydroxylation sites is 1. The molecule has 2 rings (SSSR count). The Morgan fingerprint density at radius 3 is 2.88 bits per heavy atom. The van der Waals surface area contributed by atoms with Gasteiger partial charge in [0.1, 0.15) is 0 Å². The van der Waals surface area contributed by atoms with E-state index in [0.717, 1.165) is 12.8 Å². The van der Waals surface area contributed by atoms with Gasteiger partial charge in [-0.25, -0.2) is 0 Å². The van der Waals surface area contributed by atoms with E-state index >= 15 is 0 Å². The predicted molar refractivity (Wildman–Crippen MR) is 67.1 cm³/mol. The number of anilines is 1. The summed E-state index contributed by atoms with van der Waals surface area (Å²) in [4.78, 5) is 12.0. The number of rotatable bonds is 4. The standard InChI is InChI=1S/C13H18N2O2/c1-2-17-12-10(7-4-8-11(12)14)13(16)15-9-5-3-6-9/h4,7-9H,2-3,5-6,14H2,1H3,(H,15,16). The van der Waals surface area contributed by atoms with Crippen molar-refractivity contribution in [1.29, 1.82) is 0 Å². The van der Waals surface area contributed by atoms with Gasteiger partial charge in [-0.1, -0.05) is 6.07 Å². The van der Waals surface area contributed by atoms with Crippen LogP contribution in [-0.2, 0) is 0 Å².